The molecule has 0 aromatic carbocycles. The molecule has 1 atom stereocenters. The molecule has 1 aliphatic heterocycles. The van der Waals surface area contributed by atoms with E-state index in [-0.39, 0.29) is 12.0 Å². The summed E-state index contributed by atoms with van der Waals surface area (Å²) in [6.45, 7) is 7.59. The van der Waals surface area contributed by atoms with E-state index in [1.54, 1.807) is 0 Å². The summed E-state index contributed by atoms with van der Waals surface area (Å²) in [7, 11) is 1.95. The van der Waals surface area contributed by atoms with Crippen LogP contribution in [0.2, 0.25) is 0 Å². The highest BCUT2D eigenvalue weighted by Gasteiger charge is 2.17. The molecule has 1 aliphatic rings. The highest BCUT2D eigenvalue weighted by molar-refractivity contribution is 5.78. The molecule has 1 fully saturated rings. The average molecular weight is 294 g/mol. The molecule has 0 unspecified atom stereocenters. The average Bonchev–Trinajstić information content (AvgIpc) is 3.07. The normalized spacial score (nSPS) is 18.4. The lowest BCUT2D eigenvalue weighted by molar-refractivity contribution is -0.122. The molecule has 1 aromatic rings. The van der Waals surface area contributed by atoms with Gasteiger partial charge in [0, 0.05) is 37.5 Å². The van der Waals surface area contributed by atoms with Gasteiger partial charge in [0.15, 0.2) is 0 Å². The number of carbonyl (C=O) groups is 1. The zero-order valence-electron chi connectivity index (χ0n) is 13.3. The van der Waals surface area contributed by atoms with E-state index in [9.17, 15) is 4.79 Å². The number of likely N-dealkylation sites (N-methyl/N-ethyl adjacent to an activating group) is 1. The fourth-order valence-electron chi connectivity index (χ4n) is 2.64. The maximum Gasteiger partial charge on any atom is 0.234 e. The van der Waals surface area contributed by atoms with Crippen LogP contribution in [0.5, 0.6) is 0 Å². The number of aryl methyl sites for hydroxylation is 1. The van der Waals surface area contributed by atoms with Crippen molar-refractivity contribution in [2.75, 3.05) is 26.7 Å². The number of amides is 1. The third-order valence-corrected chi connectivity index (χ3v) is 3.91. The first-order valence-electron chi connectivity index (χ1n) is 7.68. The highest BCUT2D eigenvalue weighted by atomic mass is 16.5. The van der Waals surface area contributed by atoms with Gasteiger partial charge in [0.1, 0.15) is 0 Å². The molecule has 1 N–H and O–H groups in total. The molecule has 0 bridgehead atoms. The third-order valence-electron chi connectivity index (χ3n) is 3.91. The summed E-state index contributed by atoms with van der Waals surface area (Å²) in [6.07, 6.45) is 4.23. The van der Waals surface area contributed by atoms with Crippen LogP contribution < -0.4 is 5.32 Å². The van der Waals surface area contributed by atoms with Crippen molar-refractivity contribution in [1.29, 1.82) is 0 Å². The Kier molecular flexibility index (Phi) is 5.76. The molecule has 6 heteroatoms. The molecule has 118 valence electrons. The van der Waals surface area contributed by atoms with Crippen molar-refractivity contribution in [3.8, 4) is 0 Å². The highest BCUT2D eigenvalue weighted by Crippen LogP contribution is 2.11. The van der Waals surface area contributed by atoms with Crippen molar-refractivity contribution >= 4 is 5.91 Å². The van der Waals surface area contributed by atoms with Crippen LogP contribution in [0.4, 0.5) is 0 Å². The molecule has 21 heavy (non-hydrogen) atoms. The van der Waals surface area contributed by atoms with Gasteiger partial charge in [0.25, 0.3) is 0 Å². The zero-order valence-corrected chi connectivity index (χ0v) is 13.3. The zero-order chi connectivity index (χ0) is 15.2. The fraction of sp³-hybridized carbons (Fsp3) is 0.733. The minimum Gasteiger partial charge on any atom is -0.376 e. The van der Waals surface area contributed by atoms with Crippen LogP contribution in [0.25, 0.3) is 0 Å². The summed E-state index contributed by atoms with van der Waals surface area (Å²) < 4.78 is 7.47. The molecule has 1 amide bonds. The van der Waals surface area contributed by atoms with Gasteiger partial charge in [-0.1, -0.05) is 0 Å². The molecule has 1 aromatic heterocycles. The van der Waals surface area contributed by atoms with Gasteiger partial charge in [-0.05, 0) is 33.7 Å². The van der Waals surface area contributed by atoms with Gasteiger partial charge < -0.3 is 10.1 Å². The van der Waals surface area contributed by atoms with Gasteiger partial charge in [-0.2, -0.15) is 5.10 Å². The maximum atomic E-state index is 11.9. The lowest BCUT2D eigenvalue weighted by atomic mass is 10.2. The monoisotopic (exact) mass is 294 g/mol. The molecule has 0 spiro atoms. The molecule has 2 heterocycles. The van der Waals surface area contributed by atoms with Gasteiger partial charge in [0.05, 0.1) is 18.8 Å². The van der Waals surface area contributed by atoms with E-state index in [1.165, 1.54) is 11.3 Å². The van der Waals surface area contributed by atoms with E-state index >= 15 is 0 Å². The molecule has 1 saturated heterocycles. The topological polar surface area (TPSA) is 59.4 Å². The van der Waals surface area contributed by atoms with Crippen LogP contribution in [0.1, 0.15) is 31.0 Å². The van der Waals surface area contributed by atoms with E-state index in [4.69, 9.17) is 4.74 Å². The van der Waals surface area contributed by atoms with Gasteiger partial charge >= 0.3 is 0 Å². The molecular formula is C15H26N4O2. The number of nitrogens with one attached hydrogen (secondary N) is 1. The summed E-state index contributed by atoms with van der Waals surface area (Å²) in [4.78, 5) is 13.9. The quantitative estimate of drug-likeness (QED) is 0.813. The first kappa shape index (κ1) is 16.0. The van der Waals surface area contributed by atoms with Gasteiger partial charge in [0.2, 0.25) is 5.91 Å². The van der Waals surface area contributed by atoms with Crippen LogP contribution >= 0.6 is 0 Å². The molecular weight excluding hydrogens is 268 g/mol. The fourth-order valence-corrected chi connectivity index (χ4v) is 2.64. The minimum absolute atomic E-state index is 0.0496. The number of rotatable bonds is 7. The number of hydrogen-bond donors (Lipinski definition) is 1. The molecule has 0 saturated carbocycles. The third kappa shape index (κ3) is 4.54. The Balaban J connectivity index is 1.73. The molecule has 6 nitrogen and oxygen atoms in total. The first-order chi connectivity index (χ1) is 10.1. The lowest BCUT2D eigenvalue weighted by Gasteiger charge is -2.17. The smallest absolute Gasteiger partial charge is 0.234 e. The van der Waals surface area contributed by atoms with Crippen molar-refractivity contribution in [3.05, 3.63) is 17.5 Å². The predicted molar refractivity (Wildman–Crippen MR) is 81.0 cm³/mol. The van der Waals surface area contributed by atoms with Crippen LogP contribution in [-0.4, -0.2) is 53.4 Å². The Morgan fingerprint density at radius 1 is 1.62 bits per heavy atom. The second-order valence-corrected chi connectivity index (χ2v) is 5.68. The van der Waals surface area contributed by atoms with E-state index in [0.717, 1.165) is 32.5 Å². The van der Waals surface area contributed by atoms with Crippen molar-refractivity contribution in [1.82, 2.24) is 20.0 Å². The Bertz CT molecular complexity index is 466. The van der Waals surface area contributed by atoms with E-state index < -0.39 is 0 Å². The molecule has 0 radical (unpaired) electrons. The number of carbonyl (C=O) groups excluding carboxylic acids is 1. The second kappa shape index (κ2) is 7.56. The summed E-state index contributed by atoms with van der Waals surface area (Å²) in [5.41, 5.74) is 2.34. The van der Waals surface area contributed by atoms with E-state index in [0.29, 0.717) is 13.1 Å². The Morgan fingerprint density at radius 3 is 3.05 bits per heavy atom. The van der Waals surface area contributed by atoms with Crippen LogP contribution in [0.15, 0.2) is 6.20 Å². The number of aromatic nitrogens is 2. The van der Waals surface area contributed by atoms with Crippen molar-refractivity contribution in [2.24, 2.45) is 0 Å². The van der Waals surface area contributed by atoms with Crippen molar-refractivity contribution in [2.45, 2.75) is 45.9 Å². The van der Waals surface area contributed by atoms with Gasteiger partial charge in [-0.15, -0.1) is 0 Å². The molecule has 0 aliphatic carbocycles. The van der Waals surface area contributed by atoms with E-state index in [1.807, 2.05) is 22.8 Å². The second-order valence-electron chi connectivity index (χ2n) is 5.68. The van der Waals surface area contributed by atoms with Crippen LogP contribution in [0.3, 0.4) is 0 Å². The first-order valence-corrected chi connectivity index (χ1v) is 7.68. The maximum absolute atomic E-state index is 11.9. The van der Waals surface area contributed by atoms with Gasteiger partial charge in [-0.25, -0.2) is 0 Å². The number of nitrogens with zero attached hydrogens (tertiary/aromatic N) is 3. The van der Waals surface area contributed by atoms with Crippen molar-refractivity contribution < 1.29 is 9.53 Å². The SMILES string of the molecule is CCn1ncc(CN(C)CC(=O)NC[C@H]2CCCO2)c1C. The minimum atomic E-state index is 0.0496. The number of ether oxygens (including phenoxy) is 1. The Labute approximate surface area is 126 Å². The Hall–Kier alpha value is -1.40. The Morgan fingerprint density at radius 2 is 2.43 bits per heavy atom. The van der Waals surface area contributed by atoms with Gasteiger partial charge in [-0.3, -0.25) is 14.4 Å². The van der Waals surface area contributed by atoms with E-state index in [2.05, 4.69) is 24.3 Å². The predicted octanol–water partition coefficient (Wildman–Crippen LogP) is 0.938. The summed E-state index contributed by atoms with van der Waals surface area (Å²) in [5.74, 6) is 0.0496. The number of hydrogen-bond acceptors (Lipinski definition) is 4. The summed E-state index contributed by atoms with van der Waals surface area (Å²) >= 11 is 0. The molecule has 2 rings (SSSR count). The van der Waals surface area contributed by atoms with Crippen molar-refractivity contribution in [3.63, 3.8) is 0 Å². The lowest BCUT2D eigenvalue weighted by Crippen LogP contribution is -2.38. The van der Waals surface area contributed by atoms with Crippen LogP contribution in [-0.2, 0) is 22.6 Å². The van der Waals surface area contributed by atoms with Crippen LogP contribution in [0, 0.1) is 6.92 Å². The largest absolute Gasteiger partial charge is 0.376 e. The summed E-state index contributed by atoms with van der Waals surface area (Å²) in [5, 5.41) is 7.27. The summed E-state index contributed by atoms with van der Waals surface area (Å²) in [6, 6.07) is 0. The standard InChI is InChI=1S/C15H26N4O2/c1-4-19-12(2)13(8-17-19)10-18(3)11-15(20)16-9-14-6-5-7-21-14/h8,14H,4-7,9-11H2,1-3H3,(H,16,20)/t14-/m1/s1.